The third-order valence-corrected chi connectivity index (χ3v) is 7.74. The molecule has 33 heavy (non-hydrogen) atoms. The molecule has 0 unspecified atom stereocenters. The maximum atomic E-state index is 14.0. The van der Waals surface area contributed by atoms with Gasteiger partial charge in [0.1, 0.15) is 5.54 Å². The number of fused-ring (bicyclic) bond motifs is 7. The van der Waals surface area contributed by atoms with Gasteiger partial charge in [0.2, 0.25) is 17.7 Å². The summed E-state index contributed by atoms with van der Waals surface area (Å²) in [4.78, 5) is 56.9. The van der Waals surface area contributed by atoms with Crippen LogP contribution in [0.5, 0.6) is 0 Å². The topological polar surface area (TPSA) is 96.0 Å². The van der Waals surface area contributed by atoms with Gasteiger partial charge in [0.25, 0.3) is 0 Å². The molecule has 0 radical (unpaired) electrons. The van der Waals surface area contributed by atoms with Crippen molar-refractivity contribution in [2.45, 2.75) is 24.4 Å². The van der Waals surface area contributed by atoms with Crippen molar-refractivity contribution < 1.29 is 23.9 Å². The number of carbonyl (C=O) groups excluding carboxylic acids is 4. The van der Waals surface area contributed by atoms with Crippen LogP contribution in [0.2, 0.25) is 5.02 Å². The van der Waals surface area contributed by atoms with Crippen LogP contribution < -0.4 is 10.2 Å². The lowest BCUT2D eigenvalue weighted by atomic mass is 9.75. The highest BCUT2D eigenvalue weighted by Gasteiger charge is 2.74. The molecule has 9 heteroatoms. The molecule has 2 aromatic rings. The number of anilines is 2. The number of benzene rings is 2. The van der Waals surface area contributed by atoms with Crippen LogP contribution >= 0.6 is 11.6 Å². The van der Waals surface area contributed by atoms with E-state index in [9.17, 15) is 19.2 Å². The predicted octanol–water partition coefficient (Wildman–Crippen LogP) is 2.56. The summed E-state index contributed by atoms with van der Waals surface area (Å²) >= 11 is 6.31. The second kappa shape index (κ2) is 6.88. The smallest absolute Gasteiger partial charge is 0.339 e. The first-order valence-electron chi connectivity index (χ1n) is 10.8. The monoisotopic (exact) mass is 465 g/mol. The maximum Gasteiger partial charge on any atom is 0.339 e. The molecule has 4 atom stereocenters. The molecular formula is C24H20ClN3O5. The van der Waals surface area contributed by atoms with E-state index in [2.05, 4.69) is 5.32 Å². The van der Waals surface area contributed by atoms with Gasteiger partial charge < -0.3 is 10.1 Å². The largest absolute Gasteiger partial charge is 0.465 e. The minimum absolute atomic E-state index is 0.123. The van der Waals surface area contributed by atoms with Crippen molar-refractivity contribution in [3.05, 3.63) is 58.6 Å². The third-order valence-electron chi connectivity index (χ3n) is 7.50. The normalized spacial score (nSPS) is 29.9. The molecule has 4 aliphatic heterocycles. The maximum absolute atomic E-state index is 14.0. The fourth-order valence-corrected chi connectivity index (χ4v) is 6.54. The highest BCUT2D eigenvalue weighted by atomic mass is 35.5. The summed E-state index contributed by atoms with van der Waals surface area (Å²) < 4.78 is 4.87. The number of nitrogens with one attached hydrogen (secondary N) is 1. The lowest BCUT2D eigenvalue weighted by Crippen LogP contribution is -2.54. The molecule has 0 aromatic heterocycles. The van der Waals surface area contributed by atoms with Crippen LogP contribution in [0.4, 0.5) is 11.4 Å². The number of carbonyl (C=O) groups is 4. The quantitative estimate of drug-likeness (QED) is 0.541. The SMILES string of the molecule is COC(=O)c1ccccc1N1C(=O)[C@@H]2[C@@H](C1=O)[C@]1(C(=O)Nc3ccc(Cl)cc31)N1CCC[C@@H]21. The number of halogens is 1. The van der Waals surface area contributed by atoms with Gasteiger partial charge in [-0.2, -0.15) is 0 Å². The number of hydrogen-bond acceptors (Lipinski definition) is 6. The van der Waals surface area contributed by atoms with Gasteiger partial charge >= 0.3 is 5.97 Å². The van der Waals surface area contributed by atoms with Crippen molar-refractivity contribution in [2.24, 2.45) is 11.8 Å². The van der Waals surface area contributed by atoms with Crippen LogP contribution in [-0.4, -0.2) is 48.3 Å². The van der Waals surface area contributed by atoms with Crippen LogP contribution in [-0.2, 0) is 24.7 Å². The summed E-state index contributed by atoms with van der Waals surface area (Å²) in [6.45, 7) is 0.607. The molecular weight excluding hydrogens is 446 g/mol. The number of esters is 1. The van der Waals surface area contributed by atoms with Crippen molar-refractivity contribution in [2.75, 3.05) is 23.9 Å². The van der Waals surface area contributed by atoms with E-state index in [0.717, 1.165) is 11.3 Å². The first kappa shape index (κ1) is 20.4. The van der Waals surface area contributed by atoms with Gasteiger partial charge in [0.15, 0.2) is 0 Å². The van der Waals surface area contributed by atoms with Crippen molar-refractivity contribution in [1.29, 1.82) is 0 Å². The molecule has 6 rings (SSSR count). The zero-order valence-corrected chi connectivity index (χ0v) is 18.5. The fraction of sp³-hybridized carbons (Fsp3) is 0.333. The van der Waals surface area contributed by atoms with Crippen molar-refractivity contribution in [3.8, 4) is 0 Å². The number of ether oxygens (including phenoxy) is 1. The fourth-order valence-electron chi connectivity index (χ4n) is 6.36. The predicted molar refractivity (Wildman–Crippen MR) is 119 cm³/mol. The van der Waals surface area contributed by atoms with Gasteiger partial charge in [-0.15, -0.1) is 0 Å². The van der Waals surface area contributed by atoms with Crippen LogP contribution in [0.15, 0.2) is 42.5 Å². The molecule has 1 spiro atoms. The molecule has 0 saturated carbocycles. The van der Waals surface area contributed by atoms with Crippen LogP contribution in [0.3, 0.4) is 0 Å². The second-order valence-corrected chi connectivity index (χ2v) is 9.27. The van der Waals surface area contributed by atoms with E-state index < -0.39 is 35.2 Å². The minimum atomic E-state index is -1.31. The molecule has 1 N–H and O–H groups in total. The molecule has 2 aromatic carbocycles. The summed E-state index contributed by atoms with van der Waals surface area (Å²) in [5.74, 6) is -3.45. The highest BCUT2D eigenvalue weighted by molar-refractivity contribution is 6.31. The first-order chi connectivity index (χ1) is 15.9. The van der Waals surface area contributed by atoms with Crippen molar-refractivity contribution in [1.82, 2.24) is 4.90 Å². The van der Waals surface area contributed by atoms with Gasteiger partial charge in [-0.05, 0) is 49.7 Å². The summed E-state index contributed by atoms with van der Waals surface area (Å²) in [5.41, 5.74) is 0.220. The molecule has 3 amide bonds. The Morgan fingerprint density at radius 2 is 1.94 bits per heavy atom. The number of rotatable bonds is 2. The Bertz CT molecular complexity index is 1260. The molecule has 4 aliphatic rings. The van der Waals surface area contributed by atoms with E-state index in [1.165, 1.54) is 13.2 Å². The Hall–Kier alpha value is -3.23. The number of nitrogens with zero attached hydrogens (tertiary/aromatic N) is 2. The first-order valence-corrected chi connectivity index (χ1v) is 11.2. The number of para-hydroxylation sites is 1. The zero-order valence-electron chi connectivity index (χ0n) is 17.7. The molecule has 8 nitrogen and oxygen atoms in total. The number of amides is 3. The Morgan fingerprint density at radius 3 is 2.73 bits per heavy atom. The molecule has 0 bridgehead atoms. The van der Waals surface area contributed by atoms with Gasteiger partial charge in [-0.1, -0.05) is 23.7 Å². The second-order valence-electron chi connectivity index (χ2n) is 8.84. The molecule has 4 heterocycles. The summed E-state index contributed by atoms with van der Waals surface area (Å²) in [6.07, 6.45) is 1.52. The standard InChI is InChI=1S/C24H20ClN3O5/c1-33-22(31)13-5-2-3-6-16(13)28-20(29)18-17-7-4-10-27(17)24(19(18)21(28)30)14-11-12(25)8-9-15(14)26-23(24)32/h2-3,5-6,8-9,11,17-19H,4,7,10H2,1H3,(H,26,32)/t17-,18-,19-,24+/m0/s1. The van der Waals surface area contributed by atoms with Crippen molar-refractivity contribution in [3.63, 3.8) is 0 Å². The zero-order chi connectivity index (χ0) is 23.1. The summed E-state index contributed by atoms with van der Waals surface area (Å²) in [6, 6.07) is 11.3. The Labute approximate surface area is 194 Å². The van der Waals surface area contributed by atoms with E-state index in [0.29, 0.717) is 29.2 Å². The highest BCUT2D eigenvalue weighted by Crippen LogP contribution is 2.61. The molecule has 3 saturated heterocycles. The number of imide groups is 1. The Balaban J connectivity index is 1.55. The Morgan fingerprint density at radius 1 is 1.15 bits per heavy atom. The van der Waals surface area contributed by atoms with E-state index in [4.69, 9.17) is 16.3 Å². The van der Waals surface area contributed by atoms with E-state index in [1.54, 1.807) is 36.4 Å². The molecule has 168 valence electrons. The van der Waals surface area contributed by atoms with E-state index >= 15 is 0 Å². The van der Waals surface area contributed by atoms with Crippen molar-refractivity contribution >= 4 is 46.7 Å². The third kappa shape index (κ3) is 2.40. The van der Waals surface area contributed by atoms with Crippen LogP contribution in [0.1, 0.15) is 28.8 Å². The lowest BCUT2D eigenvalue weighted by molar-refractivity contribution is -0.135. The molecule has 3 fully saturated rings. The van der Waals surface area contributed by atoms with Gasteiger partial charge in [-0.25, -0.2) is 9.69 Å². The Kier molecular flexibility index (Phi) is 4.25. The van der Waals surface area contributed by atoms with Gasteiger partial charge in [0.05, 0.1) is 30.2 Å². The van der Waals surface area contributed by atoms with E-state index in [-0.39, 0.29) is 23.2 Å². The summed E-state index contributed by atoms with van der Waals surface area (Å²) in [7, 11) is 1.25. The average Bonchev–Trinajstić information content (AvgIpc) is 3.52. The summed E-state index contributed by atoms with van der Waals surface area (Å²) in [5, 5.41) is 3.37. The minimum Gasteiger partial charge on any atom is -0.465 e. The van der Waals surface area contributed by atoms with Gasteiger partial charge in [-0.3, -0.25) is 19.3 Å². The average molecular weight is 466 g/mol. The number of methoxy groups -OCH3 is 1. The number of hydrogen-bond donors (Lipinski definition) is 1. The van der Waals surface area contributed by atoms with Crippen LogP contribution in [0.25, 0.3) is 0 Å². The van der Waals surface area contributed by atoms with E-state index in [1.807, 2.05) is 4.90 Å². The molecule has 0 aliphatic carbocycles. The van der Waals surface area contributed by atoms with Gasteiger partial charge in [0, 0.05) is 22.3 Å². The lowest BCUT2D eigenvalue weighted by Gasteiger charge is -2.36. The van der Waals surface area contributed by atoms with Crippen LogP contribution in [0, 0.1) is 11.8 Å².